The van der Waals surface area contributed by atoms with Gasteiger partial charge >= 0.3 is 0 Å². The molecule has 1 aliphatic carbocycles. The molecule has 0 aliphatic heterocycles. The van der Waals surface area contributed by atoms with Crippen LogP contribution in [-0.2, 0) is 6.54 Å². The molecule has 154 valence electrons. The van der Waals surface area contributed by atoms with Crippen LogP contribution in [0.4, 0.5) is 4.39 Å². The molecule has 2 nitrogen and oxygen atoms in total. The van der Waals surface area contributed by atoms with E-state index in [1.807, 2.05) is 24.3 Å². The standard InChI is InChI=1S/C24H31BClFN2/c1-2-24(28,11-3-4-12-25)19-14-21(15-19)29-16-17-5-10-22(23(27)13-17)18-6-8-20(26)9-7-18/h5-10,13,19,21,29H,2-4,11-12,14-16,28H2,1H3. The minimum Gasteiger partial charge on any atom is -0.325 e. The van der Waals surface area contributed by atoms with Crippen molar-refractivity contribution in [2.75, 3.05) is 0 Å². The maximum atomic E-state index is 14.6. The summed E-state index contributed by atoms with van der Waals surface area (Å²) < 4.78 is 14.6. The van der Waals surface area contributed by atoms with Crippen LogP contribution in [0.15, 0.2) is 42.5 Å². The lowest BCUT2D eigenvalue weighted by Gasteiger charge is -2.47. The zero-order valence-corrected chi connectivity index (χ0v) is 18.0. The smallest absolute Gasteiger partial charge is 0.131 e. The Bertz CT molecular complexity index is 792. The van der Waals surface area contributed by atoms with E-state index in [2.05, 4.69) is 12.2 Å². The van der Waals surface area contributed by atoms with E-state index in [0.29, 0.717) is 29.1 Å². The van der Waals surface area contributed by atoms with Gasteiger partial charge in [0.05, 0.1) is 7.85 Å². The van der Waals surface area contributed by atoms with E-state index in [1.54, 1.807) is 18.2 Å². The van der Waals surface area contributed by atoms with Gasteiger partial charge in [0, 0.05) is 28.7 Å². The maximum absolute atomic E-state index is 14.6. The van der Waals surface area contributed by atoms with Crippen LogP contribution >= 0.6 is 11.6 Å². The third-order valence-electron chi connectivity index (χ3n) is 6.49. The van der Waals surface area contributed by atoms with E-state index in [9.17, 15) is 4.39 Å². The minimum absolute atomic E-state index is 0.0698. The lowest BCUT2D eigenvalue weighted by atomic mass is 9.65. The Morgan fingerprint density at radius 1 is 1.17 bits per heavy atom. The first-order valence-electron chi connectivity index (χ1n) is 10.7. The van der Waals surface area contributed by atoms with Crippen molar-refractivity contribution in [2.45, 2.75) is 69.9 Å². The molecule has 2 aromatic rings. The maximum Gasteiger partial charge on any atom is 0.131 e. The highest BCUT2D eigenvalue weighted by Gasteiger charge is 2.41. The van der Waals surface area contributed by atoms with Gasteiger partial charge < -0.3 is 11.1 Å². The summed E-state index contributed by atoms with van der Waals surface area (Å²) >= 11 is 5.92. The summed E-state index contributed by atoms with van der Waals surface area (Å²) in [6, 6.07) is 13.2. The average Bonchev–Trinajstić information content (AvgIpc) is 2.68. The number of nitrogens with one attached hydrogen (secondary N) is 1. The third kappa shape index (κ3) is 5.62. The number of rotatable bonds is 10. The number of hydrogen-bond acceptors (Lipinski definition) is 2. The van der Waals surface area contributed by atoms with E-state index in [1.165, 1.54) is 0 Å². The summed E-state index contributed by atoms with van der Waals surface area (Å²) in [5.74, 6) is 0.358. The topological polar surface area (TPSA) is 38.0 Å². The van der Waals surface area contributed by atoms with Crippen molar-refractivity contribution in [2.24, 2.45) is 11.7 Å². The number of nitrogens with two attached hydrogens (primary N) is 1. The Labute approximate surface area is 180 Å². The highest BCUT2D eigenvalue weighted by Crippen LogP contribution is 2.40. The first-order chi connectivity index (χ1) is 13.9. The molecule has 1 saturated carbocycles. The summed E-state index contributed by atoms with van der Waals surface area (Å²) in [7, 11) is 5.61. The van der Waals surface area contributed by atoms with Crippen LogP contribution < -0.4 is 11.1 Å². The van der Waals surface area contributed by atoms with Crippen molar-refractivity contribution in [1.82, 2.24) is 5.32 Å². The second-order valence-electron chi connectivity index (χ2n) is 8.40. The molecule has 1 atom stereocenters. The van der Waals surface area contributed by atoms with E-state index < -0.39 is 0 Å². The van der Waals surface area contributed by atoms with Crippen LogP contribution in [-0.4, -0.2) is 19.4 Å². The summed E-state index contributed by atoms with van der Waals surface area (Å²) in [6.45, 7) is 2.86. The molecule has 0 heterocycles. The van der Waals surface area contributed by atoms with Crippen LogP contribution in [0.1, 0.15) is 51.0 Å². The molecule has 3 N–H and O–H groups in total. The molecule has 29 heavy (non-hydrogen) atoms. The lowest BCUT2D eigenvalue weighted by Crippen LogP contribution is -2.56. The molecule has 0 spiro atoms. The molecule has 1 fully saturated rings. The Balaban J connectivity index is 1.50. The molecule has 2 aromatic carbocycles. The molecular weight excluding hydrogens is 382 g/mol. The average molecular weight is 413 g/mol. The number of halogens is 2. The molecule has 5 heteroatoms. The van der Waals surface area contributed by atoms with Crippen molar-refractivity contribution < 1.29 is 4.39 Å². The zero-order chi connectivity index (χ0) is 20.9. The molecule has 0 amide bonds. The second kappa shape index (κ2) is 10.1. The largest absolute Gasteiger partial charge is 0.325 e. The highest BCUT2D eigenvalue weighted by molar-refractivity contribution is 6.30. The molecule has 0 aromatic heterocycles. The summed E-state index contributed by atoms with van der Waals surface area (Å²) in [5.41, 5.74) is 9.01. The monoisotopic (exact) mass is 412 g/mol. The van der Waals surface area contributed by atoms with Gasteiger partial charge in [0.25, 0.3) is 0 Å². The quantitative estimate of drug-likeness (QED) is 0.378. The first kappa shape index (κ1) is 22.3. The van der Waals surface area contributed by atoms with Gasteiger partial charge in [0.15, 0.2) is 0 Å². The third-order valence-corrected chi connectivity index (χ3v) is 6.74. The lowest BCUT2D eigenvalue weighted by molar-refractivity contribution is 0.107. The molecule has 3 rings (SSSR count). The molecule has 0 saturated heterocycles. The zero-order valence-electron chi connectivity index (χ0n) is 17.3. The van der Waals surface area contributed by atoms with Crippen molar-refractivity contribution in [3.8, 4) is 11.1 Å². The van der Waals surface area contributed by atoms with Crippen LogP contribution in [0, 0.1) is 11.7 Å². The van der Waals surface area contributed by atoms with E-state index in [-0.39, 0.29) is 11.4 Å². The molecule has 1 unspecified atom stereocenters. The Morgan fingerprint density at radius 3 is 2.52 bits per heavy atom. The SMILES string of the molecule is [B]CCCCC(N)(CC)C1CC(NCc2ccc(-c3ccc(Cl)cc3)c(F)c2)C1. The van der Waals surface area contributed by atoms with Crippen LogP contribution in [0.2, 0.25) is 11.3 Å². The Hall–Kier alpha value is -1.36. The van der Waals surface area contributed by atoms with E-state index in [4.69, 9.17) is 25.2 Å². The number of benzene rings is 2. The molecule has 1 aliphatic rings. The fourth-order valence-corrected chi connectivity index (χ4v) is 4.44. The van der Waals surface area contributed by atoms with E-state index in [0.717, 1.165) is 56.0 Å². The van der Waals surface area contributed by atoms with Crippen molar-refractivity contribution in [3.05, 3.63) is 58.9 Å². The van der Waals surface area contributed by atoms with Crippen molar-refractivity contribution >= 4 is 19.4 Å². The summed E-state index contributed by atoms with van der Waals surface area (Å²) in [4.78, 5) is 0. The molecule has 2 radical (unpaired) electrons. The van der Waals surface area contributed by atoms with Gasteiger partial charge in [-0.3, -0.25) is 0 Å². The van der Waals surface area contributed by atoms with Gasteiger partial charge in [-0.1, -0.05) is 62.0 Å². The molecule has 0 bridgehead atoms. The summed E-state index contributed by atoms with van der Waals surface area (Å²) in [6.07, 6.45) is 7.14. The van der Waals surface area contributed by atoms with Crippen molar-refractivity contribution in [1.29, 1.82) is 0 Å². The number of hydrogen-bond donors (Lipinski definition) is 2. The summed E-state index contributed by atoms with van der Waals surface area (Å²) in [5, 5.41) is 4.21. The molecular formula is C24H31BClFN2. The predicted molar refractivity (Wildman–Crippen MR) is 122 cm³/mol. The van der Waals surface area contributed by atoms with Gasteiger partial charge in [0.1, 0.15) is 5.82 Å². The van der Waals surface area contributed by atoms with Gasteiger partial charge in [-0.25, -0.2) is 4.39 Å². The normalized spacial score (nSPS) is 20.8. The van der Waals surface area contributed by atoms with Gasteiger partial charge in [0.2, 0.25) is 0 Å². The Morgan fingerprint density at radius 2 is 1.90 bits per heavy atom. The van der Waals surface area contributed by atoms with Crippen LogP contribution in [0.5, 0.6) is 0 Å². The predicted octanol–water partition coefficient (Wildman–Crippen LogP) is 5.88. The van der Waals surface area contributed by atoms with E-state index >= 15 is 0 Å². The van der Waals surface area contributed by atoms with Gasteiger partial charge in [-0.15, -0.1) is 0 Å². The fraction of sp³-hybridized carbons (Fsp3) is 0.500. The van der Waals surface area contributed by atoms with Gasteiger partial charge in [-0.05, 0) is 60.9 Å². The van der Waals surface area contributed by atoms with Crippen molar-refractivity contribution in [3.63, 3.8) is 0 Å². The fourth-order valence-electron chi connectivity index (χ4n) is 4.32. The first-order valence-corrected chi connectivity index (χ1v) is 11.1. The minimum atomic E-state index is -0.204. The van der Waals surface area contributed by atoms with Gasteiger partial charge in [-0.2, -0.15) is 0 Å². The van der Waals surface area contributed by atoms with Crippen LogP contribution in [0.25, 0.3) is 11.1 Å². The van der Waals surface area contributed by atoms with Crippen LogP contribution in [0.3, 0.4) is 0 Å². The Kier molecular flexibility index (Phi) is 7.78. The highest BCUT2D eigenvalue weighted by atomic mass is 35.5. The second-order valence-corrected chi connectivity index (χ2v) is 8.84. The number of unbranched alkanes of at least 4 members (excludes halogenated alkanes) is 1.